The number of esters is 1. The van der Waals surface area contributed by atoms with Crippen LogP contribution in [-0.2, 0) is 14.3 Å². The Hall–Kier alpha value is -1.38. The summed E-state index contributed by atoms with van der Waals surface area (Å²) in [5.74, 6) is 8.12. The smallest absolute Gasteiger partial charge is 0.312 e. The van der Waals surface area contributed by atoms with Gasteiger partial charge < -0.3 is 4.74 Å². The minimum absolute atomic E-state index is 0.0258. The third-order valence-electron chi connectivity index (χ3n) is 23.8. The van der Waals surface area contributed by atoms with Crippen LogP contribution in [0.4, 0.5) is 0 Å². The Labute approximate surface area is 368 Å². The number of hydrogen-bond donors (Lipinski definition) is 0. The molecule has 0 aliphatic heterocycles. The lowest BCUT2D eigenvalue weighted by Crippen LogP contribution is -2.66. The largest absolute Gasteiger partial charge is 0.462 e. The average Bonchev–Trinajstić information content (AvgIpc) is 3.76. The molecule has 60 heavy (non-hydrogen) atoms. The van der Waals surface area contributed by atoms with Crippen LogP contribution in [0.15, 0.2) is 23.8 Å². The molecule has 0 aromatic heterocycles. The molecule has 0 amide bonds. The number of fused-ring (bicyclic) bond motifs is 12. The van der Waals surface area contributed by atoms with Crippen LogP contribution in [0.3, 0.4) is 0 Å². The Kier molecular flexibility index (Phi) is 10.8. The van der Waals surface area contributed by atoms with Crippen LogP contribution < -0.4 is 0 Å². The zero-order chi connectivity index (χ0) is 43.0. The molecule has 3 unspecified atom stereocenters. The van der Waals surface area contributed by atoms with Crippen LogP contribution in [0, 0.1) is 103 Å². The highest BCUT2D eigenvalue weighted by Crippen LogP contribution is 2.78. The Morgan fingerprint density at radius 3 is 2.23 bits per heavy atom. The van der Waals surface area contributed by atoms with E-state index in [1.54, 1.807) is 5.57 Å². The summed E-state index contributed by atoms with van der Waals surface area (Å²) in [5, 5.41) is 0. The van der Waals surface area contributed by atoms with E-state index in [4.69, 9.17) is 4.74 Å². The number of hydrogen-bond acceptors (Lipinski definition) is 3. The van der Waals surface area contributed by atoms with Gasteiger partial charge in [-0.2, -0.15) is 0 Å². The predicted molar refractivity (Wildman–Crippen MR) is 247 cm³/mol. The molecule has 0 N–H and O–H groups in total. The molecule has 0 bridgehead atoms. The summed E-state index contributed by atoms with van der Waals surface area (Å²) in [6.07, 6.45) is 27.9. The molecule has 0 radical (unpaired) electrons. The summed E-state index contributed by atoms with van der Waals surface area (Å²) < 4.78 is 6.99. The second-order valence-electron chi connectivity index (χ2n) is 26.5. The third kappa shape index (κ3) is 6.09. The van der Waals surface area contributed by atoms with Gasteiger partial charge in [0.05, 0.1) is 5.41 Å². The Balaban J connectivity index is 0.913. The predicted octanol–water partition coefficient (Wildman–Crippen LogP) is 15.2. The molecule has 8 fully saturated rings. The first-order valence-corrected chi connectivity index (χ1v) is 26.3. The van der Waals surface area contributed by atoms with Crippen molar-refractivity contribution >= 4 is 11.8 Å². The van der Waals surface area contributed by atoms with Gasteiger partial charge >= 0.3 is 5.97 Å². The Morgan fingerprint density at radius 2 is 1.50 bits per heavy atom. The minimum Gasteiger partial charge on any atom is -0.462 e. The normalized spacial score (nSPS) is 50.8. The van der Waals surface area contributed by atoms with E-state index in [-0.39, 0.29) is 44.6 Å². The van der Waals surface area contributed by atoms with E-state index in [0.29, 0.717) is 40.8 Å². The summed E-state index contributed by atoms with van der Waals surface area (Å²) in [6.45, 7) is 32.1. The maximum atomic E-state index is 15.2. The molecule has 336 valence electrons. The molecule has 0 aromatic rings. The van der Waals surface area contributed by atoms with E-state index in [0.717, 1.165) is 86.9 Å². The average molecular weight is 823 g/mol. The fraction of sp³-hybridized carbons (Fsp3) is 0.895. The third-order valence-corrected chi connectivity index (χ3v) is 23.8. The number of allylic oxidation sites excluding steroid dienone is 2. The number of ketones is 1. The number of ether oxygens (including phenoxy) is 1. The van der Waals surface area contributed by atoms with Crippen LogP contribution >= 0.6 is 0 Å². The molecule has 17 atom stereocenters. The van der Waals surface area contributed by atoms with Crippen molar-refractivity contribution < 1.29 is 14.3 Å². The zero-order valence-electron chi connectivity index (χ0n) is 40.8. The lowest BCUT2D eigenvalue weighted by atomic mass is 9.32. The second-order valence-corrected chi connectivity index (χ2v) is 26.5. The maximum Gasteiger partial charge on any atom is 0.312 e. The standard InChI is InChI=1S/C57H90O3/c1-35(2)14-13-15-37(5)42-18-19-43-41-17-16-38-34-39(22-27-52(38,8)44(41)24-28-53(42,43)9)60-50(59)57-31-23-40(36(3)4)49(57)45-20-21-47-54(10)29-26-48(58)51(6,7)46(54)25-30-56(47,12)55(45,11)32-33-57/h16,35,37,39-47,49H,3,13-15,17-34H2,1-2,4-12H3/t37-,39+,40?,41+,42-,43+,44+,45-,46?,47-,49?,52+,53-,54+,55-,56-,57+/m1/s1. The van der Waals surface area contributed by atoms with Gasteiger partial charge in [0.2, 0.25) is 0 Å². The molecule has 0 aromatic carbocycles. The van der Waals surface area contributed by atoms with Gasteiger partial charge in [-0.05, 0) is 202 Å². The number of carbonyl (C=O) groups is 2. The highest BCUT2D eigenvalue weighted by atomic mass is 16.5. The summed E-state index contributed by atoms with van der Waals surface area (Å²) in [6, 6.07) is 0. The van der Waals surface area contributed by atoms with Crippen LogP contribution in [0.2, 0.25) is 0 Å². The van der Waals surface area contributed by atoms with Crippen molar-refractivity contribution in [2.24, 2.45) is 103 Å². The maximum absolute atomic E-state index is 15.2. The molecule has 3 nitrogen and oxygen atoms in total. The zero-order valence-corrected chi connectivity index (χ0v) is 40.8. The minimum atomic E-state index is -0.372. The molecule has 0 heterocycles. The van der Waals surface area contributed by atoms with Crippen LogP contribution in [0.5, 0.6) is 0 Å². The monoisotopic (exact) mass is 823 g/mol. The van der Waals surface area contributed by atoms with Gasteiger partial charge in [-0.15, -0.1) is 0 Å². The van der Waals surface area contributed by atoms with E-state index >= 15 is 4.79 Å². The van der Waals surface area contributed by atoms with Crippen molar-refractivity contribution in [1.82, 2.24) is 0 Å². The van der Waals surface area contributed by atoms with E-state index < -0.39 is 0 Å². The molecule has 9 aliphatic rings. The molecule has 3 heteroatoms. The number of rotatable bonds is 8. The van der Waals surface area contributed by atoms with E-state index in [2.05, 4.69) is 88.8 Å². The van der Waals surface area contributed by atoms with Crippen LogP contribution in [0.25, 0.3) is 0 Å². The first-order chi connectivity index (χ1) is 28.2. The molecule has 9 aliphatic carbocycles. The van der Waals surface area contributed by atoms with Gasteiger partial charge in [-0.25, -0.2) is 0 Å². The summed E-state index contributed by atoms with van der Waals surface area (Å²) in [7, 11) is 0. The summed E-state index contributed by atoms with van der Waals surface area (Å²) in [4.78, 5) is 28.5. The summed E-state index contributed by atoms with van der Waals surface area (Å²) in [5.41, 5.74) is 3.74. The second kappa shape index (κ2) is 14.8. The number of carbonyl (C=O) groups excluding carboxylic acids is 2. The van der Waals surface area contributed by atoms with Crippen molar-refractivity contribution in [3.8, 4) is 0 Å². The molecular formula is C57H90O3. The van der Waals surface area contributed by atoms with Gasteiger partial charge in [0.25, 0.3) is 0 Å². The van der Waals surface area contributed by atoms with Crippen LogP contribution in [-0.4, -0.2) is 17.9 Å². The lowest BCUT2D eigenvalue weighted by molar-refractivity contribution is -0.237. The Bertz CT molecular complexity index is 1750. The van der Waals surface area contributed by atoms with Gasteiger partial charge in [0.1, 0.15) is 11.9 Å². The van der Waals surface area contributed by atoms with Crippen molar-refractivity contribution in [1.29, 1.82) is 0 Å². The quantitative estimate of drug-likeness (QED) is 0.181. The van der Waals surface area contributed by atoms with Crippen molar-refractivity contribution in [3.63, 3.8) is 0 Å². The van der Waals surface area contributed by atoms with Gasteiger partial charge in [0, 0.05) is 18.3 Å². The van der Waals surface area contributed by atoms with Crippen molar-refractivity contribution in [2.75, 3.05) is 0 Å². The molecular weight excluding hydrogens is 733 g/mol. The van der Waals surface area contributed by atoms with Crippen LogP contribution in [0.1, 0.15) is 211 Å². The topological polar surface area (TPSA) is 43.4 Å². The summed E-state index contributed by atoms with van der Waals surface area (Å²) >= 11 is 0. The number of Topliss-reactive ketones (excluding diaryl/α,β-unsaturated/α-hetero) is 1. The highest BCUT2D eigenvalue weighted by Gasteiger charge is 2.72. The molecule has 8 saturated carbocycles. The van der Waals surface area contributed by atoms with E-state index in [1.807, 2.05) is 0 Å². The highest BCUT2D eigenvalue weighted by molar-refractivity contribution is 5.85. The molecule has 9 rings (SSSR count). The molecule has 0 spiro atoms. The lowest BCUT2D eigenvalue weighted by Gasteiger charge is -2.72. The van der Waals surface area contributed by atoms with E-state index in [9.17, 15) is 4.79 Å². The van der Waals surface area contributed by atoms with Crippen molar-refractivity contribution in [3.05, 3.63) is 23.8 Å². The SMILES string of the molecule is C=C(C)C1CC[C@]2(C(=O)O[C@H]3CC[C@@]4(C)C(=CC[C@H]5[C@@H]6CC[C@H]([C@H](C)CCCC(C)C)[C@@]6(C)CC[C@@H]54)C3)CC[C@]3(C)[C@H](CC[C@@H]4[C@@]5(C)CCC(=O)C(C)(C)C5CC[C@]43C)C12. The Morgan fingerprint density at radius 1 is 0.750 bits per heavy atom. The molecule has 0 saturated heterocycles. The van der Waals surface area contributed by atoms with Gasteiger partial charge in [-0.3, -0.25) is 9.59 Å². The van der Waals surface area contributed by atoms with E-state index in [1.165, 1.54) is 89.0 Å². The fourth-order valence-corrected chi connectivity index (χ4v) is 20.3. The van der Waals surface area contributed by atoms with Crippen molar-refractivity contribution in [2.45, 2.75) is 217 Å². The van der Waals surface area contributed by atoms with Gasteiger partial charge in [-0.1, -0.05) is 112 Å². The first kappa shape index (κ1) is 43.9. The van der Waals surface area contributed by atoms with Gasteiger partial charge in [0.15, 0.2) is 0 Å². The fourth-order valence-electron chi connectivity index (χ4n) is 20.3. The first-order valence-electron chi connectivity index (χ1n) is 26.3.